The van der Waals surface area contributed by atoms with Gasteiger partial charge in [-0.2, -0.15) is 18.3 Å². The molecule has 0 bridgehead atoms. The van der Waals surface area contributed by atoms with Gasteiger partial charge in [0.15, 0.2) is 5.96 Å². The second-order valence-corrected chi connectivity index (χ2v) is 7.09. The first-order chi connectivity index (χ1) is 12.9. The van der Waals surface area contributed by atoms with Crippen molar-refractivity contribution in [3.8, 4) is 0 Å². The van der Waals surface area contributed by atoms with Crippen LogP contribution in [0, 0.1) is 12.8 Å². The molecule has 0 atom stereocenters. The zero-order chi connectivity index (χ0) is 19.7. The van der Waals surface area contributed by atoms with E-state index in [0.29, 0.717) is 25.6 Å². The molecule has 1 saturated heterocycles. The van der Waals surface area contributed by atoms with Crippen LogP contribution in [0.4, 0.5) is 13.2 Å². The van der Waals surface area contributed by atoms with E-state index in [0.717, 1.165) is 50.4 Å². The number of rotatable bonds is 8. The second kappa shape index (κ2) is 12.5. The summed E-state index contributed by atoms with van der Waals surface area (Å²) < 4.78 is 39.2. The first-order valence-electron chi connectivity index (χ1n) is 9.66. The van der Waals surface area contributed by atoms with Gasteiger partial charge in [-0.15, -0.1) is 24.0 Å². The maximum absolute atomic E-state index is 12.4. The minimum atomic E-state index is -4.10. The molecule has 0 spiro atoms. The number of aryl methyl sites for hydroxylation is 1. The molecule has 6 nitrogen and oxygen atoms in total. The Balaban J connectivity index is 0.00000392. The van der Waals surface area contributed by atoms with Crippen molar-refractivity contribution < 1.29 is 13.2 Å². The van der Waals surface area contributed by atoms with E-state index >= 15 is 0 Å². The van der Waals surface area contributed by atoms with E-state index in [1.165, 1.54) is 4.90 Å². The molecule has 1 fully saturated rings. The smallest absolute Gasteiger partial charge is 0.357 e. The van der Waals surface area contributed by atoms with E-state index in [-0.39, 0.29) is 24.0 Å². The van der Waals surface area contributed by atoms with Crippen molar-refractivity contribution in [1.29, 1.82) is 0 Å². The number of hydrogen-bond donors (Lipinski definition) is 2. The second-order valence-electron chi connectivity index (χ2n) is 7.09. The number of nitrogens with zero attached hydrogens (tertiary/aromatic N) is 4. The summed E-state index contributed by atoms with van der Waals surface area (Å²) in [6.07, 6.45) is 2.27. The molecule has 1 aliphatic rings. The Kier molecular flexibility index (Phi) is 11.2. The van der Waals surface area contributed by atoms with Crippen LogP contribution in [0.25, 0.3) is 0 Å². The molecule has 1 aliphatic heterocycles. The fourth-order valence-corrected chi connectivity index (χ4v) is 3.27. The van der Waals surface area contributed by atoms with Crippen molar-refractivity contribution in [2.24, 2.45) is 10.9 Å². The third-order valence-electron chi connectivity index (χ3n) is 4.66. The van der Waals surface area contributed by atoms with Crippen molar-refractivity contribution >= 4 is 29.9 Å². The monoisotopic (exact) mass is 516 g/mol. The molecule has 28 heavy (non-hydrogen) atoms. The topological polar surface area (TPSA) is 57.5 Å². The molecule has 2 rings (SSSR count). The van der Waals surface area contributed by atoms with Gasteiger partial charge in [0.2, 0.25) is 0 Å². The van der Waals surface area contributed by atoms with Gasteiger partial charge in [0, 0.05) is 25.8 Å². The first-order valence-corrected chi connectivity index (χ1v) is 9.66. The lowest BCUT2D eigenvalue weighted by Gasteiger charge is -2.32. The van der Waals surface area contributed by atoms with Gasteiger partial charge in [0.05, 0.1) is 19.3 Å². The molecule has 1 aromatic heterocycles. The Labute approximate surface area is 182 Å². The SMILES string of the molecule is CCNC(=NCCC1CCN(CC(F)(F)F)CC1)NCCn1cc(C)cn1.I. The summed E-state index contributed by atoms with van der Waals surface area (Å²) in [4.78, 5) is 6.10. The van der Waals surface area contributed by atoms with Crippen molar-refractivity contribution in [2.45, 2.75) is 45.8 Å². The van der Waals surface area contributed by atoms with Gasteiger partial charge in [0.25, 0.3) is 0 Å². The fourth-order valence-electron chi connectivity index (χ4n) is 3.27. The molecule has 0 amide bonds. The summed E-state index contributed by atoms with van der Waals surface area (Å²) in [7, 11) is 0. The number of alkyl halides is 3. The maximum Gasteiger partial charge on any atom is 0.401 e. The van der Waals surface area contributed by atoms with E-state index in [1.54, 1.807) is 0 Å². The van der Waals surface area contributed by atoms with Crippen LogP contribution in [0.3, 0.4) is 0 Å². The molecule has 0 aliphatic carbocycles. The molecular weight excluding hydrogens is 484 g/mol. The lowest BCUT2D eigenvalue weighted by Crippen LogP contribution is -2.40. The molecule has 2 N–H and O–H groups in total. The average Bonchev–Trinajstić information content (AvgIpc) is 3.00. The highest BCUT2D eigenvalue weighted by atomic mass is 127. The molecule has 0 saturated carbocycles. The number of guanidine groups is 1. The van der Waals surface area contributed by atoms with Gasteiger partial charge in [-0.05, 0) is 57.7 Å². The van der Waals surface area contributed by atoms with Crippen LogP contribution in [0.2, 0.25) is 0 Å². The van der Waals surface area contributed by atoms with Crippen LogP contribution in [-0.4, -0.2) is 66.1 Å². The van der Waals surface area contributed by atoms with Crippen LogP contribution in [-0.2, 0) is 6.54 Å². The molecule has 162 valence electrons. The normalized spacial score (nSPS) is 16.7. The van der Waals surface area contributed by atoms with E-state index in [2.05, 4.69) is 20.7 Å². The molecule has 0 aromatic carbocycles. The Morgan fingerprint density at radius 1 is 1.29 bits per heavy atom. The van der Waals surface area contributed by atoms with Gasteiger partial charge < -0.3 is 10.6 Å². The highest BCUT2D eigenvalue weighted by Crippen LogP contribution is 2.24. The summed E-state index contributed by atoms with van der Waals surface area (Å²) in [6, 6.07) is 0. The molecular formula is C18H32F3IN6. The summed E-state index contributed by atoms with van der Waals surface area (Å²) >= 11 is 0. The van der Waals surface area contributed by atoms with Crippen molar-refractivity contribution in [2.75, 3.05) is 39.3 Å². The van der Waals surface area contributed by atoms with Gasteiger partial charge in [-0.1, -0.05) is 0 Å². The standard InChI is InChI=1S/C18H31F3N6.HI/c1-3-22-17(24-8-11-27-13-15(2)12-25-27)23-7-4-16-5-9-26(10-6-16)14-18(19,20)21;/h12-13,16H,3-11,14H2,1-2H3,(H2,22,23,24);1H. The van der Waals surface area contributed by atoms with Crippen LogP contribution in [0.5, 0.6) is 0 Å². The van der Waals surface area contributed by atoms with Crippen LogP contribution in [0.1, 0.15) is 31.7 Å². The number of hydrogen-bond acceptors (Lipinski definition) is 3. The molecule has 1 aromatic rings. The summed E-state index contributed by atoms with van der Waals surface area (Å²) in [5.41, 5.74) is 1.14. The van der Waals surface area contributed by atoms with E-state index in [1.807, 2.05) is 30.9 Å². The van der Waals surface area contributed by atoms with Gasteiger partial charge in [-0.25, -0.2) is 0 Å². The summed E-state index contributed by atoms with van der Waals surface area (Å²) in [6.45, 7) is 7.23. The zero-order valence-electron chi connectivity index (χ0n) is 16.6. The Morgan fingerprint density at radius 3 is 2.57 bits per heavy atom. The van der Waals surface area contributed by atoms with E-state index in [9.17, 15) is 13.2 Å². The van der Waals surface area contributed by atoms with Gasteiger partial charge in [-0.3, -0.25) is 14.6 Å². The van der Waals surface area contributed by atoms with Crippen LogP contribution < -0.4 is 10.6 Å². The van der Waals surface area contributed by atoms with Gasteiger partial charge >= 0.3 is 6.18 Å². The fraction of sp³-hybridized carbons (Fsp3) is 0.778. The van der Waals surface area contributed by atoms with Crippen LogP contribution >= 0.6 is 24.0 Å². The van der Waals surface area contributed by atoms with E-state index < -0.39 is 12.7 Å². The van der Waals surface area contributed by atoms with Gasteiger partial charge in [0.1, 0.15) is 0 Å². The summed E-state index contributed by atoms with van der Waals surface area (Å²) in [5, 5.41) is 10.8. The van der Waals surface area contributed by atoms with Crippen molar-refractivity contribution in [1.82, 2.24) is 25.3 Å². The first kappa shape index (κ1) is 25.0. The lowest BCUT2D eigenvalue weighted by atomic mass is 9.93. The highest BCUT2D eigenvalue weighted by Gasteiger charge is 2.32. The zero-order valence-corrected chi connectivity index (χ0v) is 19.0. The third kappa shape index (κ3) is 9.94. The number of aromatic nitrogens is 2. The van der Waals surface area contributed by atoms with Crippen molar-refractivity contribution in [3.63, 3.8) is 0 Å². The molecule has 0 unspecified atom stereocenters. The predicted molar refractivity (Wildman–Crippen MR) is 116 cm³/mol. The molecule has 10 heteroatoms. The number of likely N-dealkylation sites (tertiary alicyclic amines) is 1. The minimum absolute atomic E-state index is 0. The number of aliphatic imine (C=N–C) groups is 1. The Hall–Kier alpha value is -1.04. The highest BCUT2D eigenvalue weighted by molar-refractivity contribution is 14.0. The average molecular weight is 516 g/mol. The Morgan fingerprint density at radius 2 is 2.00 bits per heavy atom. The maximum atomic E-state index is 12.4. The quantitative estimate of drug-likeness (QED) is 0.317. The molecule has 0 radical (unpaired) electrons. The number of nitrogens with one attached hydrogen (secondary N) is 2. The Bertz CT molecular complexity index is 582. The minimum Gasteiger partial charge on any atom is -0.357 e. The van der Waals surface area contributed by atoms with Crippen LogP contribution in [0.15, 0.2) is 17.4 Å². The predicted octanol–water partition coefficient (Wildman–Crippen LogP) is 3.03. The third-order valence-corrected chi connectivity index (χ3v) is 4.66. The number of piperidine rings is 1. The summed E-state index contributed by atoms with van der Waals surface area (Å²) in [5.74, 6) is 1.23. The van der Waals surface area contributed by atoms with Crippen molar-refractivity contribution in [3.05, 3.63) is 18.0 Å². The number of halogens is 4. The molecule has 2 heterocycles. The largest absolute Gasteiger partial charge is 0.401 e. The van der Waals surface area contributed by atoms with E-state index in [4.69, 9.17) is 0 Å². The lowest BCUT2D eigenvalue weighted by molar-refractivity contribution is -0.148.